The molecule has 0 saturated heterocycles. The standard InChI is InChI=1S/C56H36S/c1-2-18-36(19-3-1)51-39-22-6-8-24-41(39)54(42-25-9-7-23-40(42)51)48-32-15-33-49-55-47(31-16-34-50(55)57-56(48)49)53-45-28-12-10-26-43(45)52(44-27-11-13-29-46(44)53)38-30-14-20-35-17-4-5-21-37(35)38/h1-34,49,56H. The van der Waals surface area contributed by atoms with Crippen LogP contribution in [0, 0.1) is 0 Å². The van der Waals surface area contributed by atoms with Crippen molar-refractivity contribution >= 4 is 71.2 Å². The molecule has 0 N–H and O–H groups in total. The molecule has 1 aliphatic carbocycles. The Morgan fingerprint density at radius 2 is 0.807 bits per heavy atom. The molecule has 12 rings (SSSR count). The van der Waals surface area contributed by atoms with Gasteiger partial charge in [-0.25, -0.2) is 0 Å². The lowest BCUT2D eigenvalue weighted by Crippen LogP contribution is -2.14. The smallest absolute Gasteiger partial charge is 0.0454 e. The third-order valence-electron chi connectivity index (χ3n) is 12.4. The van der Waals surface area contributed by atoms with E-state index in [1.54, 1.807) is 0 Å². The predicted octanol–water partition coefficient (Wildman–Crippen LogP) is 15.7. The highest BCUT2D eigenvalue weighted by atomic mass is 32.2. The highest BCUT2D eigenvalue weighted by molar-refractivity contribution is 8.00. The predicted molar refractivity (Wildman–Crippen MR) is 246 cm³/mol. The molecule has 1 heteroatoms. The number of allylic oxidation sites excluding steroid dienone is 3. The van der Waals surface area contributed by atoms with E-state index in [1.165, 1.54) is 109 Å². The van der Waals surface area contributed by atoms with Crippen LogP contribution >= 0.6 is 11.8 Å². The van der Waals surface area contributed by atoms with E-state index in [0.717, 1.165) is 0 Å². The van der Waals surface area contributed by atoms with Crippen molar-refractivity contribution in [2.24, 2.45) is 0 Å². The summed E-state index contributed by atoms with van der Waals surface area (Å²) in [6.45, 7) is 0. The number of hydrogen-bond acceptors (Lipinski definition) is 1. The molecule has 10 aromatic carbocycles. The number of fused-ring (bicyclic) bond motifs is 8. The van der Waals surface area contributed by atoms with E-state index in [0.29, 0.717) is 0 Å². The van der Waals surface area contributed by atoms with Crippen molar-refractivity contribution in [1.29, 1.82) is 0 Å². The minimum atomic E-state index is 0.225. The molecule has 1 heterocycles. The summed E-state index contributed by atoms with van der Waals surface area (Å²) in [7, 11) is 0. The van der Waals surface area contributed by atoms with E-state index in [-0.39, 0.29) is 11.2 Å². The quantitative estimate of drug-likeness (QED) is 0.162. The first kappa shape index (κ1) is 32.6. The Balaban J connectivity index is 1.07. The Morgan fingerprint density at radius 3 is 1.42 bits per heavy atom. The molecule has 57 heavy (non-hydrogen) atoms. The summed E-state index contributed by atoms with van der Waals surface area (Å²) >= 11 is 2.04. The summed E-state index contributed by atoms with van der Waals surface area (Å²) < 4.78 is 0. The van der Waals surface area contributed by atoms with Crippen molar-refractivity contribution in [2.75, 3.05) is 0 Å². The van der Waals surface area contributed by atoms with E-state index in [4.69, 9.17) is 0 Å². The van der Waals surface area contributed by atoms with Gasteiger partial charge < -0.3 is 0 Å². The maximum absolute atomic E-state index is 2.47. The molecule has 1 aliphatic heterocycles. The van der Waals surface area contributed by atoms with Crippen LogP contribution in [0.15, 0.2) is 211 Å². The summed E-state index contributed by atoms with van der Waals surface area (Å²) in [5.74, 6) is 0.225. The second kappa shape index (κ2) is 12.9. The van der Waals surface area contributed by atoms with Crippen molar-refractivity contribution in [3.05, 3.63) is 217 Å². The van der Waals surface area contributed by atoms with Crippen LogP contribution in [0.2, 0.25) is 0 Å². The van der Waals surface area contributed by atoms with E-state index in [9.17, 15) is 0 Å². The molecule has 0 radical (unpaired) electrons. The van der Waals surface area contributed by atoms with Crippen LogP contribution in [-0.2, 0) is 0 Å². The van der Waals surface area contributed by atoms with E-state index in [1.807, 2.05) is 11.8 Å². The Bertz CT molecular complexity index is 3210. The Kier molecular flexibility index (Phi) is 7.40. The molecule has 266 valence electrons. The van der Waals surface area contributed by atoms with Crippen molar-refractivity contribution in [3.8, 4) is 33.4 Å². The molecule has 2 unspecified atom stereocenters. The van der Waals surface area contributed by atoms with Gasteiger partial charge in [0.2, 0.25) is 0 Å². The lowest BCUT2D eigenvalue weighted by Gasteiger charge is -2.27. The molecule has 0 saturated carbocycles. The molecule has 0 aromatic heterocycles. The van der Waals surface area contributed by atoms with Gasteiger partial charge in [-0.1, -0.05) is 200 Å². The highest BCUT2D eigenvalue weighted by Crippen LogP contribution is 2.58. The van der Waals surface area contributed by atoms with E-state index >= 15 is 0 Å². The first-order chi connectivity index (χ1) is 28.3. The minimum absolute atomic E-state index is 0.225. The molecule has 10 aromatic rings. The van der Waals surface area contributed by atoms with Crippen LogP contribution < -0.4 is 0 Å². The minimum Gasteiger partial charge on any atom is -0.117 e. The highest BCUT2D eigenvalue weighted by Gasteiger charge is 2.39. The van der Waals surface area contributed by atoms with Crippen molar-refractivity contribution in [2.45, 2.75) is 16.1 Å². The number of rotatable bonds is 4. The number of benzene rings is 10. The first-order valence-electron chi connectivity index (χ1n) is 19.9. The van der Waals surface area contributed by atoms with Crippen molar-refractivity contribution in [3.63, 3.8) is 0 Å². The summed E-state index contributed by atoms with van der Waals surface area (Å²) in [6, 6.07) is 69.8. The van der Waals surface area contributed by atoms with Gasteiger partial charge in [-0.3, -0.25) is 0 Å². The van der Waals surface area contributed by atoms with Crippen LogP contribution in [0.25, 0.3) is 92.8 Å². The molecular formula is C56H36S. The summed E-state index contributed by atoms with van der Waals surface area (Å²) in [4.78, 5) is 1.38. The SMILES string of the molecule is C1=CC2c3c(cccc3-c3c4ccccc4c(-c4cccc5ccccc45)c4ccccc34)SC2C(c2c3ccccc3c(-c3ccccc3)c3ccccc23)=C1. The molecule has 0 fully saturated rings. The van der Waals surface area contributed by atoms with E-state index in [2.05, 4.69) is 206 Å². The molecule has 2 aliphatic rings. The molecule has 0 bridgehead atoms. The zero-order valence-electron chi connectivity index (χ0n) is 31.2. The average Bonchev–Trinajstić information content (AvgIpc) is 3.67. The largest absolute Gasteiger partial charge is 0.117 e. The van der Waals surface area contributed by atoms with Gasteiger partial charge in [-0.2, -0.15) is 0 Å². The van der Waals surface area contributed by atoms with Crippen LogP contribution in [0.3, 0.4) is 0 Å². The zero-order chi connectivity index (χ0) is 37.5. The molecular weight excluding hydrogens is 705 g/mol. The van der Waals surface area contributed by atoms with Gasteiger partial charge in [-0.15, -0.1) is 11.8 Å². The number of hydrogen-bond donors (Lipinski definition) is 0. The maximum atomic E-state index is 2.47. The fourth-order valence-corrected chi connectivity index (χ4v) is 11.6. The molecule has 2 atom stereocenters. The second-order valence-electron chi connectivity index (χ2n) is 15.4. The molecule has 0 amide bonds. The Hall–Kier alpha value is -6.67. The summed E-state index contributed by atoms with van der Waals surface area (Å²) in [6.07, 6.45) is 7.20. The van der Waals surface area contributed by atoms with Crippen molar-refractivity contribution in [1.82, 2.24) is 0 Å². The van der Waals surface area contributed by atoms with Gasteiger partial charge in [0.05, 0.1) is 0 Å². The lowest BCUT2D eigenvalue weighted by atomic mass is 9.77. The van der Waals surface area contributed by atoms with Gasteiger partial charge >= 0.3 is 0 Å². The zero-order valence-corrected chi connectivity index (χ0v) is 32.0. The fraction of sp³-hybridized carbons (Fsp3) is 0.0357. The summed E-state index contributed by atoms with van der Waals surface area (Å²) in [5.41, 5.74) is 12.0. The average molecular weight is 741 g/mol. The normalized spacial score (nSPS) is 16.0. The van der Waals surface area contributed by atoms with Gasteiger partial charge in [0.15, 0.2) is 0 Å². The van der Waals surface area contributed by atoms with Gasteiger partial charge in [0, 0.05) is 16.1 Å². The van der Waals surface area contributed by atoms with Crippen LogP contribution in [0.4, 0.5) is 0 Å². The monoisotopic (exact) mass is 740 g/mol. The first-order valence-corrected chi connectivity index (χ1v) is 20.8. The second-order valence-corrected chi connectivity index (χ2v) is 16.5. The van der Waals surface area contributed by atoms with Gasteiger partial charge in [0.1, 0.15) is 0 Å². The fourth-order valence-electron chi connectivity index (χ4n) is 10.1. The lowest BCUT2D eigenvalue weighted by molar-refractivity contribution is 0.897. The van der Waals surface area contributed by atoms with Crippen LogP contribution in [0.5, 0.6) is 0 Å². The van der Waals surface area contributed by atoms with E-state index < -0.39 is 0 Å². The van der Waals surface area contributed by atoms with Crippen molar-refractivity contribution < 1.29 is 0 Å². The third kappa shape index (κ3) is 4.89. The molecule has 0 spiro atoms. The Labute approximate surface area is 336 Å². The Morgan fingerprint density at radius 1 is 0.351 bits per heavy atom. The molecule has 0 nitrogen and oxygen atoms in total. The van der Waals surface area contributed by atoms with Crippen LogP contribution in [-0.4, -0.2) is 5.25 Å². The topological polar surface area (TPSA) is 0 Å². The van der Waals surface area contributed by atoms with Gasteiger partial charge in [-0.05, 0) is 110 Å². The number of thioether (sulfide) groups is 1. The summed E-state index contributed by atoms with van der Waals surface area (Å²) in [5, 5.41) is 13.2. The van der Waals surface area contributed by atoms with Crippen LogP contribution in [0.1, 0.15) is 17.0 Å². The third-order valence-corrected chi connectivity index (χ3v) is 13.8. The maximum Gasteiger partial charge on any atom is 0.0454 e. The van der Waals surface area contributed by atoms with Gasteiger partial charge in [0.25, 0.3) is 0 Å².